The lowest BCUT2D eigenvalue weighted by molar-refractivity contribution is 0.317. The van der Waals surface area contributed by atoms with Gasteiger partial charge in [-0.15, -0.1) is 12.4 Å². The van der Waals surface area contributed by atoms with E-state index in [9.17, 15) is 0 Å². The number of para-hydroxylation sites is 1. The third kappa shape index (κ3) is 2.53. The highest BCUT2D eigenvalue weighted by molar-refractivity contribution is 5.85. The molecule has 0 bridgehead atoms. The predicted molar refractivity (Wildman–Crippen MR) is 75.9 cm³/mol. The Morgan fingerprint density at radius 3 is 2.94 bits per heavy atom. The highest BCUT2D eigenvalue weighted by Gasteiger charge is 2.22. The predicted octanol–water partition coefficient (Wildman–Crippen LogP) is 2.64. The molecule has 0 spiro atoms. The fourth-order valence-electron chi connectivity index (χ4n) is 2.64. The topological polar surface area (TPSA) is 42.4 Å². The van der Waals surface area contributed by atoms with Crippen LogP contribution in [0.1, 0.15) is 12.0 Å². The first-order valence-corrected chi connectivity index (χ1v) is 6.24. The second kappa shape index (κ2) is 5.74. The van der Waals surface area contributed by atoms with Gasteiger partial charge in [-0.25, -0.2) is 0 Å². The van der Waals surface area contributed by atoms with E-state index in [1.165, 1.54) is 17.4 Å². The molecule has 1 aromatic heterocycles. The summed E-state index contributed by atoms with van der Waals surface area (Å²) in [5.41, 5.74) is 7.99. The molecule has 1 unspecified atom stereocenters. The normalized spacial score (nSPS) is 20.2. The molecule has 18 heavy (non-hydrogen) atoms. The fraction of sp³-hybridized carbons (Fsp3) is 0.429. The van der Waals surface area contributed by atoms with Crippen molar-refractivity contribution in [1.29, 1.82) is 0 Å². The molecule has 0 saturated carbocycles. The van der Waals surface area contributed by atoms with Gasteiger partial charge in [-0.3, -0.25) is 4.90 Å². The minimum absolute atomic E-state index is 0. The maximum atomic E-state index is 5.71. The third-order valence-corrected chi connectivity index (χ3v) is 3.66. The second-order valence-electron chi connectivity index (χ2n) is 4.88. The lowest BCUT2D eigenvalue weighted by Crippen LogP contribution is -2.22. The van der Waals surface area contributed by atoms with E-state index >= 15 is 0 Å². The number of hydrogen-bond donors (Lipinski definition) is 1. The lowest BCUT2D eigenvalue weighted by atomic mass is 10.1. The summed E-state index contributed by atoms with van der Waals surface area (Å²) < 4.78 is 5.56. The number of benzene rings is 1. The zero-order chi connectivity index (χ0) is 11.7. The number of nitrogens with zero attached hydrogens (tertiary/aromatic N) is 1. The van der Waals surface area contributed by atoms with Gasteiger partial charge in [0.1, 0.15) is 5.58 Å². The van der Waals surface area contributed by atoms with Gasteiger partial charge in [0, 0.05) is 24.0 Å². The summed E-state index contributed by atoms with van der Waals surface area (Å²) in [6, 6.07) is 8.22. The van der Waals surface area contributed by atoms with Gasteiger partial charge in [0.15, 0.2) is 0 Å². The molecule has 2 N–H and O–H groups in total. The summed E-state index contributed by atoms with van der Waals surface area (Å²) in [4.78, 5) is 2.47. The smallest absolute Gasteiger partial charge is 0.134 e. The second-order valence-corrected chi connectivity index (χ2v) is 4.88. The first-order chi connectivity index (χ1) is 8.36. The first kappa shape index (κ1) is 13.4. The molecule has 1 aliphatic heterocycles. The quantitative estimate of drug-likeness (QED) is 0.929. The number of hydrogen-bond acceptors (Lipinski definition) is 3. The van der Waals surface area contributed by atoms with Crippen LogP contribution in [0.2, 0.25) is 0 Å². The maximum absolute atomic E-state index is 5.71. The number of rotatable bonds is 3. The van der Waals surface area contributed by atoms with Gasteiger partial charge in [-0.1, -0.05) is 18.2 Å². The van der Waals surface area contributed by atoms with Gasteiger partial charge < -0.3 is 10.2 Å². The van der Waals surface area contributed by atoms with Crippen LogP contribution in [0.4, 0.5) is 0 Å². The summed E-state index contributed by atoms with van der Waals surface area (Å²) in [6.07, 6.45) is 3.12. The average Bonchev–Trinajstić information content (AvgIpc) is 2.97. The van der Waals surface area contributed by atoms with Crippen LogP contribution < -0.4 is 5.73 Å². The number of furan rings is 1. The number of likely N-dealkylation sites (tertiary alicyclic amines) is 1. The Morgan fingerprint density at radius 1 is 1.33 bits per heavy atom. The maximum Gasteiger partial charge on any atom is 0.134 e. The van der Waals surface area contributed by atoms with Crippen LogP contribution in [-0.2, 0) is 6.54 Å². The molecular formula is C14H19ClN2O. The van der Waals surface area contributed by atoms with Crippen molar-refractivity contribution in [3.8, 4) is 0 Å². The SMILES string of the molecule is Cl.NCC1CCN(Cc2coc3ccccc23)C1. The monoisotopic (exact) mass is 266 g/mol. The molecule has 1 aliphatic rings. The van der Waals surface area contributed by atoms with Crippen LogP contribution in [0.3, 0.4) is 0 Å². The van der Waals surface area contributed by atoms with E-state index in [0.29, 0.717) is 5.92 Å². The molecule has 98 valence electrons. The summed E-state index contributed by atoms with van der Waals surface area (Å²) in [5.74, 6) is 0.674. The van der Waals surface area contributed by atoms with Crippen molar-refractivity contribution in [1.82, 2.24) is 4.90 Å². The van der Waals surface area contributed by atoms with Gasteiger partial charge in [0.25, 0.3) is 0 Å². The van der Waals surface area contributed by atoms with Gasteiger partial charge in [-0.05, 0) is 31.5 Å². The van der Waals surface area contributed by atoms with Crippen molar-refractivity contribution in [2.75, 3.05) is 19.6 Å². The lowest BCUT2D eigenvalue weighted by Gasteiger charge is -2.14. The average molecular weight is 267 g/mol. The zero-order valence-corrected chi connectivity index (χ0v) is 11.2. The molecule has 0 radical (unpaired) electrons. The highest BCUT2D eigenvalue weighted by atomic mass is 35.5. The van der Waals surface area contributed by atoms with Gasteiger partial charge >= 0.3 is 0 Å². The van der Waals surface area contributed by atoms with Crippen molar-refractivity contribution in [3.05, 3.63) is 36.1 Å². The van der Waals surface area contributed by atoms with E-state index < -0.39 is 0 Å². The molecule has 2 heterocycles. The van der Waals surface area contributed by atoms with E-state index in [1.54, 1.807) is 0 Å². The van der Waals surface area contributed by atoms with Crippen LogP contribution in [0.25, 0.3) is 11.0 Å². The third-order valence-electron chi connectivity index (χ3n) is 3.66. The van der Waals surface area contributed by atoms with Gasteiger partial charge in [0.2, 0.25) is 0 Å². The summed E-state index contributed by atoms with van der Waals surface area (Å²) in [5, 5.41) is 1.24. The van der Waals surface area contributed by atoms with Gasteiger partial charge in [-0.2, -0.15) is 0 Å². The van der Waals surface area contributed by atoms with Crippen LogP contribution in [0.15, 0.2) is 34.9 Å². The van der Waals surface area contributed by atoms with Crippen molar-refractivity contribution < 1.29 is 4.42 Å². The summed E-state index contributed by atoms with van der Waals surface area (Å²) in [6.45, 7) is 4.06. The van der Waals surface area contributed by atoms with Crippen LogP contribution >= 0.6 is 12.4 Å². The highest BCUT2D eigenvalue weighted by Crippen LogP contribution is 2.24. The minimum atomic E-state index is 0. The van der Waals surface area contributed by atoms with E-state index in [4.69, 9.17) is 10.2 Å². The Balaban J connectivity index is 0.00000120. The molecule has 0 amide bonds. The molecule has 1 fully saturated rings. The van der Waals surface area contributed by atoms with Crippen molar-refractivity contribution >= 4 is 23.4 Å². The Hall–Kier alpha value is -1.03. The summed E-state index contributed by atoms with van der Waals surface area (Å²) in [7, 11) is 0. The van der Waals surface area contributed by atoms with E-state index in [-0.39, 0.29) is 12.4 Å². The molecule has 3 nitrogen and oxygen atoms in total. The molecule has 2 aromatic rings. The Kier molecular flexibility index (Phi) is 4.27. The van der Waals surface area contributed by atoms with Gasteiger partial charge in [0.05, 0.1) is 6.26 Å². The van der Waals surface area contributed by atoms with E-state index in [2.05, 4.69) is 17.0 Å². The Labute approximate surface area is 113 Å². The van der Waals surface area contributed by atoms with E-state index in [0.717, 1.165) is 31.8 Å². The van der Waals surface area contributed by atoms with Crippen molar-refractivity contribution in [2.45, 2.75) is 13.0 Å². The molecule has 1 aromatic carbocycles. The number of fused-ring (bicyclic) bond motifs is 1. The standard InChI is InChI=1S/C14H18N2O.ClH/c15-7-11-5-6-16(8-11)9-12-10-17-14-4-2-1-3-13(12)14;/h1-4,10-11H,5-9,15H2;1H. The molecule has 4 heteroatoms. The molecule has 3 rings (SSSR count). The summed E-state index contributed by atoms with van der Waals surface area (Å²) >= 11 is 0. The molecular weight excluding hydrogens is 248 g/mol. The molecule has 0 aliphatic carbocycles. The van der Waals surface area contributed by atoms with Crippen molar-refractivity contribution in [3.63, 3.8) is 0 Å². The number of halogens is 1. The molecule has 1 atom stereocenters. The zero-order valence-electron chi connectivity index (χ0n) is 10.3. The van der Waals surface area contributed by atoms with E-state index in [1.807, 2.05) is 18.4 Å². The largest absolute Gasteiger partial charge is 0.464 e. The Bertz CT molecular complexity index is 511. The minimum Gasteiger partial charge on any atom is -0.464 e. The van der Waals surface area contributed by atoms with Crippen molar-refractivity contribution in [2.24, 2.45) is 11.7 Å². The van der Waals surface area contributed by atoms with Crippen LogP contribution in [-0.4, -0.2) is 24.5 Å². The first-order valence-electron chi connectivity index (χ1n) is 6.24. The fourth-order valence-corrected chi connectivity index (χ4v) is 2.64. The van der Waals surface area contributed by atoms with Crippen LogP contribution in [0.5, 0.6) is 0 Å². The Morgan fingerprint density at radius 2 is 2.17 bits per heavy atom. The van der Waals surface area contributed by atoms with Crippen LogP contribution in [0, 0.1) is 5.92 Å². The molecule has 1 saturated heterocycles. The number of nitrogens with two attached hydrogens (primary N) is 1.